The quantitative estimate of drug-likeness (QED) is 0.902. The molecule has 2 aromatic rings. The Hall–Kier alpha value is -1.46. The lowest BCUT2D eigenvalue weighted by Crippen LogP contribution is -2.37. The van der Waals surface area contributed by atoms with Crippen molar-refractivity contribution in [2.75, 3.05) is 11.9 Å². The zero-order valence-corrected chi connectivity index (χ0v) is 12.5. The van der Waals surface area contributed by atoms with Gasteiger partial charge in [-0.1, -0.05) is 28.1 Å². The number of nitrogens with one attached hydrogen (secondary N) is 1. The van der Waals surface area contributed by atoms with E-state index in [1.54, 1.807) is 6.20 Å². The van der Waals surface area contributed by atoms with Gasteiger partial charge in [0.1, 0.15) is 5.82 Å². The first-order chi connectivity index (χ1) is 9.74. The maximum atomic E-state index is 9.03. The smallest absolute Gasteiger partial charge is 0.161 e. The first-order valence-corrected chi connectivity index (χ1v) is 7.50. The first kappa shape index (κ1) is 13.5. The highest BCUT2D eigenvalue weighted by Crippen LogP contribution is 2.29. The van der Waals surface area contributed by atoms with Crippen molar-refractivity contribution in [3.8, 4) is 11.4 Å². The van der Waals surface area contributed by atoms with E-state index in [9.17, 15) is 0 Å². The lowest BCUT2D eigenvalue weighted by atomic mass is 9.81. The molecular formula is C15H16BrN3O. The largest absolute Gasteiger partial charge is 0.396 e. The van der Waals surface area contributed by atoms with Gasteiger partial charge < -0.3 is 10.4 Å². The van der Waals surface area contributed by atoms with E-state index < -0.39 is 0 Å². The third kappa shape index (κ3) is 2.99. The number of aliphatic hydroxyl groups excluding tert-OH is 1. The fraction of sp³-hybridized carbons (Fsp3) is 0.333. The lowest BCUT2D eigenvalue weighted by Gasteiger charge is -2.34. The molecule has 0 aliphatic heterocycles. The molecule has 5 heteroatoms. The van der Waals surface area contributed by atoms with Crippen LogP contribution in [-0.2, 0) is 0 Å². The molecule has 0 atom stereocenters. The van der Waals surface area contributed by atoms with Crippen molar-refractivity contribution in [1.82, 2.24) is 9.97 Å². The van der Waals surface area contributed by atoms with Crippen molar-refractivity contribution >= 4 is 21.7 Å². The second-order valence-corrected chi connectivity index (χ2v) is 6.05. The zero-order chi connectivity index (χ0) is 13.9. The van der Waals surface area contributed by atoms with Crippen LogP contribution in [0.5, 0.6) is 0 Å². The monoisotopic (exact) mass is 333 g/mol. The molecule has 1 aromatic heterocycles. The number of aromatic nitrogens is 2. The van der Waals surface area contributed by atoms with E-state index >= 15 is 0 Å². The van der Waals surface area contributed by atoms with Gasteiger partial charge in [-0.3, -0.25) is 0 Å². The number of nitrogens with zero attached hydrogens (tertiary/aromatic N) is 2. The Balaban J connectivity index is 1.71. The maximum Gasteiger partial charge on any atom is 0.161 e. The summed E-state index contributed by atoms with van der Waals surface area (Å²) in [6, 6.07) is 10.3. The van der Waals surface area contributed by atoms with E-state index in [4.69, 9.17) is 5.11 Å². The van der Waals surface area contributed by atoms with Gasteiger partial charge in [-0.2, -0.15) is 0 Å². The molecule has 1 saturated carbocycles. The molecule has 20 heavy (non-hydrogen) atoms. The molecule has 0 bridgehead atoms. The van der Waals surface area contributed by atoms with Crippen LogP contribution < -0.4 is 5.32 Å². The summed E-state index contributed by atoms with van der Waals surface area (Å²) in [5.41, 5.74) is 0.999. The fourth-order valence-electron chi connectivity index (χ4n) is 2.39. The molecule has 0 saturated heterocycles. The summed E-state index contributed by atoms with van der Waals surface area (Å²) < 4.78 is 1.04. The van der Waals surface area contributed by atoms with Gasteiger partial charge in [0.15, 0.2) is 5.82 Å². The van der Waals surface area contributed by atoms with Crippen LogP contribution in [0.3, 0.4) is 0 Å². The SMILES string of the molecule is OCC1CC(Nc2ccnc(-c3ccc(Br)cc3)n2)C1. The number of hydrogen-bond acceptors (Lipinski definition) is 4. The van der Waals surface area contributed by atoms with E-state index in [0.29, 0.717) is 12.0 Å². The minimum absolute atomic E-state index is 0.284. The number of halogens is 1. The van der Waals surface area contributed by atoms with Crippen LogP contribution in [0.25, 0.3) is 11.4 Å². The Morgan fingerprint density at radius 3 is 2.65 bits per heavy atom. The summed E-state index contributed by atoms with van der Waals surface area (Å²) >= 11 is 3.42. The summed E-state index contributed by atoms with van der Waals surface area (Å²) in [5, 5.41) is 12.4. The van der Waals surface area contributed by atoms with Crippen LogP contribution in [0.4, 0.5) is 5.82 Å². The van der Waals surface area contributed by atoms with Crippen molar-refractivity contribution in [2.24, 2.45) is 5.92 Å². The summed E-state index contributed by atoms with van der Waals surface area (Å²) in [5.74, 6) is 2.01. The molecule has 0 amide bonds. The molecule has 1 fully saturated rings. The lowest BCUT2D eigenvalue weighted by molar-refractivity contribution is 0.151. The van der Waals surface area contributed by atoms with E-state index in [1.807, 2.05) is 30.3 Å². The fourth-order valence-corrected chi connectivity index (χ4v) is 2.65. The van der Waals surface area contributed by atoms with Crippen molar-refractivity contribution in [2.45, 2.75) is 18.9 Å². The zero-order valence-electron chi connectivity index (χ0n) is 11.0. The van der Waals surface area contributed by atoms with E-state index in [-0.39, 0.29) is 6.61 Å². The van der Waals surface area contributed by atoms with E-state index in [1.165, 1.54) is 0 Å². The highest BCUT2D eigenvalue weighted by atomic mass is 79.9. The van der Waals surface area contributed by atoms with Gasteiger partial charge in [0.25, 0.3) is 0 Å². The molecule has 104 valence electrons. The number of hydrogen-bond donors (Lipinski definition) is 2. The average molecular weight is 334 g/mol. The van der Waals surface area contributed by atoms with E-state index in [0.717, 1.165) is 34.5 Å². The van der Waals surface area contributed by atoms with Gasteiger partial charge in [-0.25, -0.2) is 9.97 Å². The molecule has 1 heterocycles. The van der Waals surface area contributed by atoms with Crippen LogP contribution in [0.1, 0.15) is 12.8 Å². The van der Waals surface area contributed by atoms with Crippen molar-refractivity contribution < 1.29 is 5.11 Å². The Labute approximate surface area is 126 Å². The summed E-state index contributed by atoms with van der Waals surface area (Å²) in [6.07, 6.45) is 3.79. The highest BCUT2D eigenvalue weighted by Gasteiger charge is 2.28. The molecule has 0 spiro atoms. The van der Waals surface area contributed by atoms with Gasteiger partial charge in [0.05, 0.1) is 0 Å². The number of anilines is 1. The summed E-state index contributed by atoms with van der Waals surface area (Å²) in [4.78, 5) is 8.86. The van der Waals surface area contributed by atoms with Crippen LogP contribution in [0.2, 0.25) is 0 Å². The topological polar surface area (TPSA) is 58.0 Å². The molecule has 3 rings (SSSR count). The van der Waals surface area contributed by atoms with Gasteiger partial charge in [0.2, 0.25) is 0 Å². The van der Waals surface area contributed by atoms with Gasteiger partial charge in [-0.05, 0) is 37.0 Å². The minimum atomic E-state index is 0.284. The Morgan fingerprint density at radius 1 is 1.20 bits per heavy atom. The Morgan fingerprint density at radius 2 is 1.95 bits per heavy atom. The third-order valence-corrected chi connectivity index (χ3v) is 4.13. The molecule has 2 N–H and O–H groups in total. The molecule has 1 aliphatic rings. The van der Waals surface area contributed by atoms with Crippen LogP contribution in [-0.4, -0.2) is 27.7 Å². The Kier molecular flexibility index (Phi) is 3.98. The maximum absolute atomic E-state index is 9.03. The minimum Gasteiger partial charge on any atom is -0.396 e. The molecule has 0 radical (unpaired) electrons. The molecular weight excluding hydrogens is 318 g/mol. The standard InChI is InChI=1S/C15H16BrN3O/c16-12-3-1-11(2-4-12)15-17-6-5-14(19-15)18-13-7-10(8-13)9-20/h1-6,10,13,20H,7-9H2,(H,17,18,19). The normalized spacial score (nSPS) is 21.3. The number of benzene rings is 1. The van der Waals surface area contributed by atoms with Gasteiger partial charge in [0, 0.05) is 28.9 Å². The van der Waals surface area contributed by atoms with Crippen molar-refractivity contribution in [3.05, 3.63) is 41.0 Å². The number of aliphatic hydroxyl groups is 1. The van der Waals surface area contributed by atoms with E-state index in [2.05, 4.69) is 31.2 Å². The van der Waals surface area contributed by atoms with Crippen molar-refractivity contribution in [1.29, 1.82) is 0 Å². The molecule has 1 aromatic carbocycles. The van der Waals surface area contributed by atoms with Crippen LogP contribution in [0.15, 0.2) is 41.0 Å². The van der Waals surface area contributed by atoms with Crippen LogP contribution in [0, 0.1) is 5.92 Å². The van der Waals surface area contributed by atoms with Gasteiger partial charge >= 0.3 is 0 Å². The average Bonchev–Trinajstić information content (AvgIpc) is 2.43. The Bertz CT molecular complexity index is 582. The summed E-state index contributed by atoms with van der Waals surface area (Å²) in [6.45, 7) is 0.284. The highest BCUT2D eigenvalue weighted by molar-refractivity contribution is 9.10. The van der Waals surface area contributed by atoms with Crippen LogP contribution >= 0.6 is 15.9 Å². The third-order valence-electron chi connectivity index (χ3n) is 3.60. The predicted molar refractivity (Wildman–Crippen MR) is 82.4 cm³/mol. The molecule has 4 nitrogen and oxygen atoms in total. The van der Waals surface area contributed by atoms with Crippen molar-refractivity contribution in [3.63, 3.8) is 0 Å². The first-order valence-electron chi connectivity index (χ1n) is 6.71. The predicted octanol–water partition coefficient (Wildman–Crippen LogP) is 3.09. The molecule has 1 aliphatic carbocycles. The second kappa shape index (κ2) is 5.89. The summed E-state index contributed by atoms with van der Waals surface area (Å²) in [7, 11) is 0. The molecule has 0 unspecified atom stereocenters. The van der Waals surface area contributed by atoms with Gasteiger partial charge in [-0.15, -0.1) is 0 Å². The number of rotatable bonds is 4. The second-order valence-electron chi connectivity index (χ2n) is 5.13.